The van der Waals surface area contributed by atoms with Crippen molar-refractivity contribution in [3.63, 3.8) is 0 Å². The summed E-state index contributed by atoms with van der Waals surface area (Å²) in [5.74, 6) is -0.528. The fourth-order valence-electron chi connectivity index (χ4n) is 3.25. The molecule has 9 nitrogen and oxygen atoms in total. The van der Waals surface area contributed by atoms with Crippen molar-refractivity contribution in [1.82, 2.24) is 19.5 Å². The fraction of sp³-hybridized carbons (Fsp3) is 0.611. The molecule has 1 aromatic heterocycles. The van der Waals surface area contributed by atoms with E-state index in [1.807, 2.05) is 0 Å². The molecule has 1 aromatic rings. The lowest BCUT2D eigenvalue weighted by Crippen LogP contribution is -2.43. The first-order chi connectivity index (χ1) is 13.3. The lowest BCUT2D eigenvalue weighted by atomic mass is 10.2. The van der Waals surface area contributed by atoms with Crippen molar-refractivity contribution in [1.29, 1.82) is 0 Å². The summed E-state index contributed by atoms with van der Waals surface area (Å²) in [4.78, 5) is 35.8. The first-order valence-corrected chi connectivity index (χ1v) is 11.0. The van der Waals surface area contributed by atoms with Crippen molar-refractivity contribution in [3.05, 3.63) is 28.7 Å². The van der Waals surface area contributed by atoms with Crippen molar-refractivity contribution >= 4 is 22.0 Å². The third-order valence-corrected chi connectivity index (χ3v) is 6.86. The molecule has 1 aliphatic carbocycles. The zero-order chi connectivity index (χ0) is 20.7. The Morgan fingerprint density at radius 3 is 2.43 bits per heavy atom. The van der Waals surface area contributed by atoms with E-state index in [0.717, 1.165) is 25.7 Å². The van der Waals surface area contributed by atoms with Crippen LogP contribution >= 0.6 is 0 Å². The van der Waals surface area contributed by atoms with Gasteiger partial charge in [0.05, 0.1) is 4.90 Å². The van der Waals surface area contributed by atoms with Gasteiger partial charge >= 0.3 is 6.03 Å². The Kier molecular flexibility index (Phi) is 7.76. The number of hydrogen-bond donors (Lipinski definition) is 2. The second-order valence-electron chi connectivity index (χ2n) is 6.74. The van der Waals surface area contributed by atoms with Gasteiger partial charge in [-0.05, 0) is 18.9 Å². The highest BCUT2D eigenvalue weighted by Gasteiger charge is 2.22. The highest BCUT2D eigenvalue weighted by atomic mass is 32.2. The molecule has 3 amide bonds. The van der Waals surface area contributed by atoms with Gasteiger partial charge in [-0.1, -0.05) is 26.7 Å². The van der Waals surface area contributed by atoms with Gasteiger partial charge in [-0.15, -0.1) is 0 Å². The van der Waals surface area contributed by atoms with E-state index in [2.05, 4.69) is 10.6 Å². The van der Waals surface area contributed by atoms with Crippen LogP contribution in [0.3, 0.4) is 0 Å². The molecule has 1 fully saturated rings. The number of aromatic nitrogens is 1. The molecule has 0 bridgehead atoms. The van der Waals surface area contributed by atoms with Crippen LogP contribution in [0.1, 0.15) is 46.0 Å². The maximum absolute atomic E-state index is 12.6. The van der Waals surface area contributed by atoms with E-state index >= 15 is 0 Å². The molecular weight excluding hydrogens is 384 g/mol. The summed E-state index contributed by atoms with van der Waals surface area (Å²) in [5.41, 5.74) is -0.415. The van der Waals surface area contributed by atoms with Crippen molar-refractivity contribution in [2.75, 3.05) is 13.1 Å². The van der Waals surface area contributed by atoms with E-state index < -0.39 is 27.5 Å². The summed E-state index contributed by atoms with van der Waals surface area (Å²) in [6, 6.07) is 1.99. The van der Waals surface area contributed by atoms with Crippen LogP contribution < -0.4 is 16.2 Å². The minimum atomic E-state index is -3.70. The smallest absolute Gasteiger partial charge is 0.321 e. The molecule has 0 aliphatic heterocycles. The van der Waals surface area contributed by atoms with Gasteiger partial charge in [-0.2, -0.15) is 4.31 Å². The van der Waals surface area contributed by atoms with Crippen LogP contribution in [0.15, 0.2) is 28.0 Å². The van der Waals surface area contributed by atoms with E-state index in [1.54, 1.807) is 13.8 Å². The van der Waals surface area contributed by atoms with E-state index in [1.165, 1.54) is 27.2 Å². The molecule has 1 heterocycles. The topological polar surface area (TPSA) is 118 Å². The summed E-state index contributed by atoms with van der Waals surface area (Å²) >= 11 is 0. The van der Waals surface area contributed by atoms with E-state index in [-0.39, 0.29) is 23.9 Å². The number of urea groups is 1. The normalized spacial score (nSPS) is 15.0. The van der Waals surface area contributed by atoms with Crippen LogP contribution in [-0.2, 0) is 21.4 Å². The Balaban J connectivity index is 1.99. The van der Waals surface area contributed by atoms with Gasteiger partial charge in [0.2, 0.25) is 15.9 Å². The molecule has 0 spiro atoms. The van der Waals surface area contributed by atoms with Crippen LogP contribution in [-0.4, -0.2) is 48.4 Å². The van der Waals surface area contributed by atoms with Crippen molar-refractivity contribution in [3.8, 4) is 0 Å². The molecule has 0 aromatic carbocycles. The molecule has 1 saturated carbocycles. The number of nitrogens with zero attached hydrogens (tertiary/aromatic N) is 2. The number of carbonyl (C=O) groups is 2. The van der Waals surface area contributed by atoms with Gasteiger partial charge in [0.25, 0.3) is 5.56 Å². The Morgan fingerprint density at radius 1 is 1.18 bits per heavy atom. The quantitative estimate of drug-likeness (QED) is 0.661. The molecular formula is C18H28N4O5S. The minimum Gasteiger partial charge on any atom is -0.335 e. The minimum absolute atomic E-state index is 0.00446. The number of pyridine rings is 1. The Morgan fingerprint density at radius 2 is 1.82 bits per heavy atom. The summed E-state index contributed by atoms with van der Waals surface area (Å²) in [6.07, 6.45) is 5.06. The second-order valence-corrected chi connectivity index (χ2v) is 8.68. The maximum atomic E-state index is 12.6. The summed E-state index contributed by atoms with van der Waals surface area (Å²) in [6.45, 7) is 4.08. The number of nitrogens with one attached hydrogen (secondary N) is 2. The summed E-state index contributed by atoms with van der Waals surface area (Å²) in [7, 11) is -3.70. The molecule has 0 atom stereocenters. The average Bonchev–Trinajstić information content (AvgIpc) is 3.14. The summed E-state index contributed by atoms with van der Waals surface area (Å²) < 4.78 is 27.6. The maximum Gasteiger partial charge on any atom is 0.321 e. The van der Waals surface area contributed by atoms with Crippen LogP contribution in [0.25, 0.3) is 0 Å². The highest BCUT2D eigenvalue weighted by Crippen LogP contribution is 2.17. The van der Waals surface area contributed by atoms with Crippen LogP contribution in [0.5, 0.6) is 0 Å². The Labute approximate surface area is 165 Å². The predicted molar refractivity (Wildman–Crippen MR) is 104 cm³/mol. The van der Waals surface area contributed by atoms with Gasteiger partial charge in [0.15, 0.2) is 0 Å². The number of amides is 3. The first-order valence-electron chi connectivity index (χ1n) is 9.59. The molecule has 0 unspecified atom stereocenters. The van der Waals surface area contributed by atoms with E-state index in [9.17, 15) is 22.8 Å². The third kappa shape index (κ3) is 5.65. The van der Waals surface area contributed by atoms with Gasteiger partial charge in [0, 0.05) is 44.4 Å². The van der Waals surface area contributed by atoms with Crippen molar-refractivity contribution in [2.24, 2.45) is 0 Å². The molecule has 10 heteroatoms. The van der Waals surface area contributed by atoms with Crippen molar-refractivity contribution < 1.29 is 18.0 Å². The predicted octanol–water partition coefficient (Wildman–Crippen LogP) is 1.04. The number of carbonyl (C=O) groups excluding carboxylic acids is 2. The first kappa shape index (κ1) is 22.1. The number of rotatable bonds is 8. The van der Waals surface area contributed by atoms with Crippen LogP contribution in [0.2, 0.25) is 0 Å². The number of hydrogen-bond acceptors (Lipinski definition) is 5. The zero-order valence-corrected chi connectivity index (χ0v) is 17.1. The molecule has 156 valence electrons. The average molecular weight is 413 g/mol. The molecule has 28 heavy (non-hydrogen) atoms. The Bertz CT molecular complexity index is 855. The van der Waals surface area contributed by atoms with Gasteiger partial charge < -0.3 is 9.88 Å². The molecule has 0 saturated heterocycles. The SMILES string of the molecule is CCN(CC)S(=O)(=O)c1ccc(=O)n(CCC(=O)NC(=O)NC2CCCC2)c1. The Hall–Kier alpha value is -2.20. The molecule has 2 N–H and O–H groups in total. The largest absolute Gasteiger partial charge is 0.335 e. The molecule has 1 aliphatic rings. The van der Waals surface area contributed by atoms with E-state index in [0.29, 0.717) is 13.1 Å². The number of sulfonamides is 1. The van der Waals surface area contributed by atoms with Crippen LogP contribution in [0.4, 0.5) is 4.79 Å². The number of imide groups is 1. The monoisotopic (exact) mass is 412 g/mol. The fourth-order valence-corrected chi connectivity index (χ4v) is 4.73. The zero-order valence-electron chi connectivity index (χ0n) is 16.3. The second kappa shape index (κ2) is 9.83. The van der Waals surface area contributed by atoms with Gasteiger partial charge in [0.1, 0.15) is 0 Å². The molecule has 0 radical (unpaired) electrons. The third-order valence-electron chi connectivity index (χ3n) is 4.82. The van der Waals surface area contributed by atoms with Crippen molar-refractivity contribution in [2.45, 2.75) is 63.4 Å². The lowest BCUT2D eigenvalue weighted by molar-refractivity contribution is -0.120. The lowest BCUT2D eigenvalue weighted by Gasteiger charge is -2.19. The number of aryl methyl sites for hydroxylation is 1. The standard InChI is InChI=1S/C18H28N4O5S/c1-3-22(4-2)28(26,27)15-9-10-17(24)21(13-15)12-11-16(23)20-18(25)19-14-7-5-6-8-14/h9-10,13-14H,3-8,11-12H2,1-2H3,(H2,19,20,23,25). The highest BCUT2D eigenvalue weighted by molar-refractivity contribution is 7.89. The van der Waals surface area contributed by atoms with Gasteiger partial charge in [-0.3, -0.25) is 14.9 Å². The molecule has 2 rings (SSSR count). The van der Waals surface area contributed by atoms with E-state index in [4.69, 9.17) is 0 Å². The van der Waals surface area contributed by atoms with Gasteiger partial charge in [-0.25, -0.2) is 13.2 Å². The summed E-state index contributed by atoms with van der Waals surface area (Å²) in [5, 5.41) is 5.00. The van der Waals surface area contributed by atoms with Crippen LogP contribution in [0, 0.1) is 0 Å².